The van der Waals surface area contributed by atoms with E-state index in [0.29, 0.717) is 23.2 Å². The molecule has 1 atom stereocenters. The van der Waals surface area contributed by atoms with Crippen LogP contribution in [-0.2, 0) is 4.74 Å². The first-order chi connectivity index (χ1) is 8.43. The standard InChI is InChI=1S/C11H10N2O4S/c1-13(10(14)15,18-11(16)17-2)9-5-3-8(7-12)4-6-9/h3-6H,1-2H3. The molecule has 1 amide bonds. The van der Waals surface area contributed by atoms with E-state index in [1.807, 2.05) is 6.07 Å². The minimum atomic E-state index is -1.46. The predicted octanol–water partition coefficient (Wildman–Crippen LogP) is 1.25. The summed E-state index contributed by atoms with van der Waals surface area (Å²) >= 11 is 0.453. The molecule has 0 saturated carbocycles. The van der Waals surface area contributed by atoms with Gasteiger partial charge in [0.2, 0.25) is 11.9 Å². The summed E-state index contributed by atoms with van der Waals surface area (Å²) in [5.74, 6) is 0. The van der Waals surface area contributed by atoms with Crippen LogP contribution in [0.5, 0.6) is 0 Å². The van der Waals surface area contributed by atoms with E-state index in [4.69, 9.17) is 5.26 Å². The van der Waals surface area contributed by atoms with Crippen molar-refractivity contribution in [1.29, 1.82) is 5.26 Å². The van der Waals surface area contributed by atoms with Gasteiger partial charge in [0.05, 0.1) is 25.8 Å². The molecule has 0 spiro atoms. The first-order valence-corrected chi connectivity index (χ1v) is 5.57. The van der Waals surface area contributed by atoms with Gasteiger partial charge in [-0.1, -0.05) is 0 Å². The van der Waals surface area contributed by atoms with Crippen molar-refractivity contribution in [3.8, 4) is 6.07 Å². The van der Waals surface area contributed by atoms with E-state index in [-0.39, 0.29) is 0 Å². The predicted molar refractivity (Wildman–Crippen MR) is 64.3 cm³/mol. The molecular formula is C11H10N2O4S. The lowest BCUT2D eigenvalue weighted by Crippen LogP contribution is -2.52. The van der Waals surface area contributed by atoms with Crippen molar-refractivity contribution in [2.75, 3.05) is 14.2 Å². The second-order valence-electron chi connectivity index (χ2n) is 3.39. The molecule has 0 heterocycles. The molecule has 7 heteroatoms. The summed E-state index contributed by atoms with van der Waals surface area (Å²) in [6, 6.07) is 7.75. The number of nitrogens with zero attached hydrogens (tertiary/aromatic N) is 2. The fourth-order valence-corrected chi connectivity index (χ4v) is 1.88. The highest BCUT2D eigenvalue weighted by Gasteiger charge is 2.34. The molecule has 0 radical (unpaired) electrons. The average molecular weight is 266 g/mol. The maximum absolute atomic E-state index is 11.2. The summed E-state index contributed by atoms with van der Waals surface area (Å²) < 4.78 is 3.61. The summed E-state index contributed by atoms with van der Waals surface area (Å²) in [5.41, 5.74) is 0.691. The van der Waals surface area contributed by atoms with Gasteiger partial charge in [0.1, 0.15) is 0 Å². The molecular weight excluding hydrogens is 256 g/mol. The Labute approximate surface area is 108 Å². The topological polar surface area (TPSA) is 90.2 Å². The Bertz CT molecular complexity index is 509. The monoisotopic (exact) mass is 266 g/mol. The van der Waals surface area contributed by atoms with Crippen LogP contribution in [0.1, 0.15) is 5.56 Å². The van der Waals surface area contributed by atoms with Crippen LogP contribution in [0.25, 0.3) is 0 Å². The Hall–Kier alpha value is -2.04. The molecule has 0 aliphatic heterocycles. The van der Waals surface area contributed by atoms with E-state index in [0.717, 1.165) is 7.11 Å². The van der Waals surface area contributed by atoms with E-state index >= 15 is 0 Å². The Morgan fingerprint density at radius 2 is 1.94 bits per heavy atom. The van der Waals surface area contributed by atoms with Gasteiger partial charge in [-0.15, -0.1) is 0 Å². The highest BCUT2D eigenvalue weighted by Crippen LogP contribution is 2.31. The van der Waals surface area contributed by atoms with E-state index in [1.54, 1.807) is 0 Å². The minimum absolute atomic E-state index is 0.296. The molecule has 6 nitrogen and oxygen atoms in total. The normalized spacial score (nSPS) is 13.2. The molecule has 0 aromatic heterocycles. The summed E-state index contributed by atoms with van der Waals surface area (Å²) in [7, 11) is 2.45. The quantitative estimate of drug-likeness (QED) is 0.431. The van der Waals surface area contributed by atoms with Gasteiger partial charge < -0.3 is 14.6 Å². The highest BCUT2D eigenvalue weighted by molar-refractivity contribution is 8.13. The van der Waals surface area contributed by atoms with Crippen LogP contribution in [-0.4, -0.2) is 25.6 Å². The number of methoxy groups -OCH3 is 1. The maximum Gasteiger partial charge on any atom is 0.425 e. The average Bonchev–Trinajstić information content (AvgIpc) is 2.38. The maximum atomic E-state index is 11.2. The number of amides is 1. The fourth-order valence-electron chi connectivity index (χ4n) is 1.20. The third-order valence-electron chi connectivity index (χ3n) is 2.26. The lowest BCUT2D eigenvalue weighted by atomic mass is 10.2. The molecule has 94 valence electrons. The lowest BCUT2D eigenvalue weighted by Gasteiger charge is -2.28. The number of carbonyl (C=O) groups is 2. The van der Waals surface area contributed by atoms with Crippen molar-refractivity contribution >= 4 is 29.0 Å². The van der Waals surface area contributed by atoms with E-state index in [1.165, 1.54) is 31.3 Å². The zero-order valence-corrected chi connectivity index (χ0v) is 10.6. The molecule has 0 aliphatic carbocycles. The third kappa shape index (κ3) is 2.80. The Morgan fingerprint density at radius 3 is 2.33 bits per heavy atom. The van der Waals surface area contributed by atoms with Gasteiger partial charge in [-0.25, -0.2) is 4.79 Å². The molecule has 1 aromatic carbocycles. The third-order valence-corrected chi connectivity index (χ3v) is 3.30. The first-order valence-electron chi connectivity index (χ1n) is 4.80. The van der Waals surface area contributed by atoms with Crippen molar-refractivity contribution in [1.82, 2.24) is 3.89 Å². The molecule has 0 fully saturated rings. The van der Waals surface area contributed by atoms with Gasteiger partial charge >= 0.3 is 5.30 Å². The smallest absolute Gasteiger partial charge is 0.425 e. The van der Waals surface area contributed by atoms with Crippen LogP contribution in [0.4, 0.5) is 15.3 Å². The molecule has 1 aromatic rings. The van der Waals surface area contributed by atoms with Crippen molar-refractivity contribution in [3.63, 3.8) is 0 Å². The number of ether oxygens (including phenoxy) is 1. The van der Waals surface area contributed by atoms with Crippen molar-refractivity contribution in [2.24, 2.45) is 0 Å². The molecule has 0 bridgehead atoms. The fraction of sp³-hybridized carbons (Fsp3) is 0.182. The van der Waals surface area contributed by atoms with Gasteiger partial charge in [-0.2, -0.15) is 9.15 Å². The second-order valence-corrected chi connectivity index (χ2v) is 4.64. The van der Waals surface area contributed by atoms with Gasteiger partial charge in [0, 0.05) is 12.1 Å². The van der Waals surface area contributed by atoms with Crippen LogP contribution < -0.4 is 8.99 Å². The molecule has 1 unspecified atom stereocenters. The molecule has 0 N–H and O–H groups in total. The number of rotatable bonds is 1. The van der Waals surface area contributed by atoms with Crippen LogP contribution in [0.3, 0.4) is 0 Å². The molecule has 0 aliphatic rings. The summed E-state index contributed by atoms with van der Waals surface area (Å²) in [6.07, 6.45) is -1.46. The van der Waals surface area contributed by atoms with Gasteiger partial charge in [0.15, 0.2) is 5.69 Å². The van der Waals surface area contributed by atoms with Crippen LogP contribution in [0.2, 0.25) is 0 Å². The summed E-state index contributed by atoms with van der Waals surface area (Å²) in [4.78, 5) is 22.4. The number of benzene rings is 1. The van der Waals surface area contributed by atoms with E-state index < -0.39 is 15.3 Å². The van der Waals surface area contributed by atoms with Crippen LogP contribution in [0, 0.1) is 11.3 Å². The van der Waals surface area contributed by atoms with E-state index in [2.05, 4.69) is 4.74 Å². The van der Waals surface area contributed by atoms with Gasteiger partial charge in [-0.05, 0) is 12.1 Å². The van der Waals surface area contributed by atoms with Gasteiger partial charge in [-0.3, -0.25) is 0 Å². The summed E-state index contributed by atoms with van der Waals surface area (Å²) in [5, 5.41) is 19.1. The Balaban J connectivity index is 3.15. The van der Waals surface area contributed by atoms with Crippen molar-refractivity contribution < 1.29 is 19.4 Å². The highest BCUT2D eigenvalue weighted by atomic mass is 32.2. The number of nitriles is 1. The minimum Gasteiger partial charge on any atom is -0.497 e. The Morgan fingerprint density at radius 1 is 1.39 bits per heavy atom. The van der Waals surface area contributed by atoms with Crippen LogP contribution in [0.15, 0.2) is 24.3 Å². The lowest BCUT2D eigenvalue weighted by molar-refractivity contribution is -0.256. The molecule has 18 heavy (non-hydrogen) atoms. The summed E-state index contributed by atoms with van der Waals surface area (Å²) in [6.45, 7) is 0. The second kappa shape index (κ2) is 5.53. The number of carboxylic acid groups (broad SMARTS) is 1. The number of hydrogen-bond donors (Lipinski definition) is 0. The number of carbonyl (C=O) groups excluding carboxylic acids is 2. The Kier molecular flexibility index (Phi) is 4.31. The van der Waals surface area contributed by atoms with Crippen molar-refractivity contribution in [3.05, 3.63) is 29.8 Å². The zero-order chi connectivity index (χ0) is 13.8. The SMILES string of the molecule is COC(=O)S[N+](C)(C(=O)[O-])c1ccc(C#N)cc1. The largest absolute Gasteiger partial charge is 0.497 e. The number of quaternary nitrogens is 1. The zero-order valence-electron chi connectivity index (χ0n) is 9.75. The van der Waals surface area contributed by atoms with Gasteiger partial charge in [0.25, 0.3) is 6.09 Å². The molecule has 1 rings (SSSR count). The van der Waals surface area contributed by atoms with Crippen LogP contribution >= 0.6 is 11.9 Å². The van der Waals surface area contributed by atoms with Crippen molar-refractivity contribution in [2.45, 2.75) is 0 Å². The van der Waals surface area contributed by atoms with E-state index in [9.17, 15) is 14.7 Å². The molecule has 0 saturated heterocycles. The first kappa shape index (κ1) is 14.0. The number of hydrogen-bond acceptors (Lipinski definition) is 6.